The third-order valence-electron chi connectivity index (χ3n) is 1.00. The first-order chi connectivity index (χ1) is 4.16. The molecule has 9 heavy (non-hydrogen) atoms. The van der Waals surface area contributed by atoms with Crippen LogP contribution in [0.25, 0.3) is 0 Å². The zero-order valence-electron chi connectivity index (χ0n) is 6.22. The molecule has 1 N–H and O–H groups in total. The zero-order valence-corrected chi connectivity index (χ0v) is 6.22. The van der Waals surface area contributed by atoms with Crippen LogP contribution in [0, 0.1) is 4.91 Å². The summed E-state index contributed by atoms with van der Waals surface area (Å²) in [5.41, 5.74) is 0. The molecule has 0 saturated carbocycles. The summed E-state index contributed by atoms with van der Waals surface area (Å²) in [6, 6.07) is 0.335. The van der Waals surface area contributed by atoms with E-state index in [1.165, 1.54) is 0 Å². The lowest BCUT2D eigenvalue weighted by Gasteiger charge is -2.07. The highest BCUT2D eigenvalue weighted by Crippen LogP contribution is 1.85. The Labute approximate surface area is 55.8 Å². The van der Waals surface area contributed by atoms with Crippen molar-refractivity contribution in [1.29, 1.82) is 0 Å². The summed E-state index contributed by atoms with van der Waals surface area (Å²) in [5.74, 6) is 0. The van der Waals surface area contributed by atoms with Gasteiger partial charge >= 0.3 is 0 Å². The minimum absolute atomic E-state index is 0.104. The first-order valence-corrected chi connectivity index (χ1v) is 3.22. The van der Waals surface area contributed by atoms with Crippen LogP contribution in [-0.4, -0.2) is 18.6 Å². The number of nitroso groups, excluding NO2 is 1. The van der Waals surface area contributed by atoms with Crippen molar-refractivity contribution in [3.05, 3.63) is 4.91 Å². The Balaban J connectivity index is 3.16. The van der Waals surface area contributed by atoms with Crippen LogP contribution in [0.1, 0.15) is 20.8 Å². The minimum Gasteiger partial charge on any atom is -0.312 e. The van der Waals surface area contributed by atoms with E-state index in [0.29, 0.717) is 12.6 Å². The van der Waals surface area contributed by atoms with Gasteiger partial charge in [0.05, 0.1) is 0 Å². The number of rotatable bonds is 4. The van der Waals surface area contributed by atoms with Crippen LogP contribution in [0.5, 0.6) is 0 Å². The third-order valence-corrected chi connectivity index (χ3v) is 1.00. The number of nitrogens with one attached hydrogen (secondary N) is 1. The summed E-state index contributed by atoms with van der Waals surface area (Å²) in [5, 5.41) is 5.95. The van der Waals surface area contributed by atoms with Gasteiger partial charge in [-0.2, -0.15) is 4.91 Å². The van der Waals surface area contributed by atoms with Crippen molar-refractivity contribution >= 4 is 0 Å². The van der Waals surface area contributed by atoms with Crippen molar-refractivity contribution in [3.63, 3.8) is 0 Å². The van der Waals surface area contributed by atoms with E-state index in [9.17, 15) is 4.91 Å². The van der Waals surface area contributed by atoms with Crippen molar-refractivity contribution < 1.29 is 0 Å². The van der Waals surface area contributed by atoms with Gasteiger partial charge in [-0.15, -0.1) is 0 Å². The van der Waals surface area contributed by atoms with Gasteiger partial charge in [0.15, 0.2) is 0 Å². The number of hydrogen-bond acceptors (Lipinski definition) is 3. The molecule has 0 aliphatic heterocycles. The molecule has 0 aliphatic rings. The molecule has 0 rings (SSSR count). The van der Waals surface area contributed by atoms with Gasteiger partial charge in [0.25, 0.3) is 0 Å². The van der Waals surface area contributed by atoms with Crippen LogP contribution in [0.3, 0.4) is 0 Å². The Kier molecular flexibility index (Phi) is 4.22. The molecular formula is C6H14N2O. The second-order valence-electron chi connectivity index (χ2n) is 2.52. The minimum atomic E-state index is -0.104. The van der Waals surface area contributed by atoms with E-state index in [1.54, 1.807) is 6.92 Å². The van der Waals surface area contributed by atoms with Crippen molar-refractivity contribution in [2.45, 2.75) is 32.9 Å². The fraction of sp³-hybridized carbons (Fsp3) is 1.00. The van der Waals surface area contributed by atoms with Crippen molar-refractivity contribution in [1.82, 2.24) is 5.32 Å². The van der Waals surface area contributed by atoms with Crippen LogP contribution in [0.4, 0.5) is 0 Å². The lowest BCUT2D eigenvalue weighted by Crippen LogP contribution is -2.29. The zero-order chi connectivity index (χ0) is 7.28. The predicted octanol–water partition coefficient (Wildman–Crippen LogP) is 1.14. The van der Waals surface area contributed by atoms with Crippen molar-refractivity contribution in [3.8, 4) is 0 Å². The standard InChI is InChI=1S/C6H14N2O/c1-5(2)7-4-6(3)8-9/h5-7H,4H2,1-3H3. The van der Waals surface area contributed by atoms with Crippen LogP contribution in [0.2, 0.25) is 0 Å². The third kappa shape index (κ3) is 5.43. The molecule has 0 aromatic rings. The van der Waals surface area contributed by atoms with E-state index in [1.807, 2.05) is 13.8 Å². The van der Waals surface area contributed by atoms with Gasteiger partial charge in [-0.3, -0.25) is 0 Å². The molecule has 0 spiro atoms. The number of nitrogens with zero attached hydrogens (tertiary/aromatic N) is 1. The summed E-state index contributed by atoms with van der Waals surface area (Å²) in [6.45, 7) is 6.55. The van der Waals surface area contributed by atoms with Crippen LogP contribution < -0.4 is 5.32 Å². The highest BCUT2D eigenvalue weighted by atomic mass is 16.3. The summed E-state index contributed by atoms with van der Waals surface area (Å²) < 4.78 is 0. The fourth-order valence-corrected chi connectivity index (χ4v) is 0.444. The Morgan fingerprint density at radius 3 is 2.33 bits per heavy atom. The maximum absolute atomic E-state index is 9.83. The molecule has 0 amide bonds. The SMILES string of the molecule is CC(CNC(C)C)N=O. The van der Waals surface area contributed by atoms with Gasteiger partial charge in [0.1, 0.15) is 6.04 Å². The molecule has 0 aromatic carbocycles. The molecule has 0 aliphatic carbocycles. The normalized spacial score (nSPS) is 13.8. The Hall–Kier alpha value is -0.440. The summed E-state index contributed by atoms with van der Waals surface area (Å²) in [4.78, 5) is 9.83. The molecule has 0 heterocycles. The molecule has 3 heteroatoms. The highest BCUT2D eigenvalue weighted by molar-refractivity contribution is 4.63. The Bertz CT molecular complexity index is 83.1. The van der Waals surface area contributed by atoms with E-state index in [2.05, 4.69) is 10.5 Å². The summed E-state index contributed by atoms with van der Waals surface area (Å²) in [6.07, 6.45) is 0. The molecule has 0 aromatic heterocycles. The quantitative estimate of drug-likeness (QED) is 0.580. The monoisotopic (exact) mass is 130 g/mol. The Morgan fingerprint density at radius 1 is 1.44 bits per heavy atom. The second kappa shape index (κ2) is 4.44. The lowest BCUT2D eigenvalue weighted by atomic mass is 10.3. The molecule has 54 valence electrons. The van der Waals surface area contributed by atoms with Gasteiger partial charge < -0.3 is 5.32 Å². The van der Waals surface area contributed by atoms with Gasteiger partial charge in [-0.05, 0) is 6.92 Å². The molecule has 0 saturated heterocycles. The first kappa shape index (κ1) is 8.56. The average molecular weight is 130 g/mol. The molecule has 0 radical (unpaired) electrons. The van der Waals surface area contributed by atoms with E-state index in [4.69, 9.17) is 0 Å². The van der Waals surface area contributed by atoms with Gasteiger partial charge in [0, 0.05) is 12.6 Å². The Morgan fingerprint density at radius 2 is 2.00 bits per heavy atom. The van der Waals surface area contributed by atoms with Crippen LogP contribution in [-0.2, 0) is 0 Å². The van der Waals surface area contributed by atoms with Crippen molar-refractivity contribution in [2.75, 3.05) is 6.54 Å². The highest BCUT2D eigenvalue weighted by Gasteiger charge is 1.99. The smallest absolute Gasteiger partial charge is 0.102 e. The molecular weight excluding hydrogens is 116 g/mol. The van der Waals surface area contributed by atoms with E-state index in [-0.39, 0.29) is 6.04 Å². The van der Waals surface area contributed by atoms with Crippen LogP contribution >= 0.6 is 0 Å². The molecule has 1 atom stereocenters. The maximum atomic E-state index is 9.83. The second-order valence-corrected chi connectivity index (χ2v) is 2.52. The first-order valence-electron chi connectivity index (χ1n) is 3.22. The van der Waals surface area contributed by atoms with E-state index < -0.39 is 0 Å². The van der Waals surface area contributed by atoms with Crippen LogP contribution in [0.15, 0.2) is 5.18 Å². The predicted molar refractivity (Wildman–Crippen MR) is 38.4 cm³/mol. The lowest BCUT2D eigenvalue weighted by molar-refractivity contribution is 0.544. The van der Waals surface area contributed by atoms with Gasteiger partial charge in [0.2, 0.25) is 0 Å². The molecule has 0 bridgehead atoms. The molecule has 0 fully saturated rings. The van der Waals surface area contributed by atoms with E-state index >= 15 is 0 Å². The number of hydrogen-bond donors (Lipinski definition) is 1. The molecule has 3 nitrogen and oxygen atoms in total. The van der Waals surface area contributed by atoms with Gasteiger partial charge in [-0.25, -0.2) is 0 Å². The largest absolute Gasteiger partial charge is 0.312 e. The molecule has 1 unspecified atom stereocenters. The summed E-state index contributed by atoms with van der Waals surface area (Å²) >= 11 is 0. The fourth-order valence-electron chi connectivity index (χ4n) is 0.444. The van der Waals surface area contributed by atoms with Crippen molar-refractivity contribution in [2.24, 2.45) is 5.18 Å². The summed E-state index contributed by atoms with van der Waals surface area (Å²) in [7, 11) is 0. The average Bonchev–Trinajstić information content (AvgIpc) is 1.83. The maximum Gasteiger partial charge on any atom is 0.102 e. The van der Waals surface area contributed by atoms with E-state index in [0.717, 1.165) is 0 Å². The van der Waals surface area contributed by atoms with Gasteiger partial charge in [-0.1, -0.05) is 19.0 Å². The topological polar surface area (TPSA) is 41.5 Å².